The molecule has 1 unspecified atom stereocenters. The van der Waals surface area contributed by atoms with Gasteiger partial charge in [0.15, 0.2) is 11.6 Å². The van der Waals surface area contributed by atoms with Crippen molar-refractivity contribution in [3.8, 4) is 5.75 Å². The highest BCUT2D eigenvalue weighted by atomic mass is 32.1. The maximum atomic E-state index is 13.3. The van der Waals surface area contributed by atoms with Gasteiger partial charge in [-0.25, -0.2) is 4.39 Å². The second-order valence-corrected chi connectivity index (χ2v) is 4.76. The number of methoxy groups -OCH3 is 1. The van der Waals surface area contributed by atoms with Gasteiger partial charge in [0.2, 0.25) is 0 Å². The van der Waals surface area contributed by atoms with E-state index >= 15 is 0 Å². The summed E-state index contributed by atoms with van der Waals surface area (Å²) in [7, 11) is 1.44. The van der Waals surface area contributed by atoms with Crippen molar-refractivity contribution in [1.82, 2.24) is 10.4 Å². The Morgan fingerprint density at radius 2 is 2.39 bits per heavy atom. The van der Waals surface area contributed by atoms with E-state index in [1.54, 1.807) is 35.2 Å². The fourth-order valence-corrected chi connectivity index (χ4v) is 2.35. The molecule has 1 aromatic carbocycles. The highest BCUT2D eigenvalue weighted by Crippen LogP contribution is 2.25. The monoisotopic (exact) mass is 267 g/mol. The van der Waals surface area contributed by atoms with Gasteiger partial charge in [0, 0.05) is 17.5 Å². The SMILES string of the molecule is COc1cc(C(Cc2cncs2)NN)ccc1F. The molecular formula is C12H14FN3OS. The summed E-state index contributed by atoms with van der Waals surface area (Å²) in [6.45, 7) is 0. The topological polar surface area (TPSA) is 60.2 Å². The van der Waals surface area contributed by atoms with Crippen molar-refractivity contribution in [2.45, 2.75) is 12.5 Å². The lowest BCUT2D eigenvalue weighted by molar-refractivity contribution is 0.384. The minimum absolute atomic E-state index is 0.0973. The quantitative estimate of drug-likeness (QED) is 0.643. The number of nitrogens with zero attached hydrogens (tertiary/aromatic N) is 1. The highest BCUT2D eigenvalue weighted by molar-refractivity contribution is 7.09. The Balaban J connectivity index is 2.21. The molecule has 0 radical (unpaired) electrons. The molecule has 1 heterocycles. The first-order valence-corrected chi connectivity index (χ1v) is 6.29. The Labute approximate surface area is 109 Å². The van der Waals surface area contributed by atoms with E-state index in [1.807, 2.05) is 0 Å². The summed E-state index contributed by atoms with van der Waals surface area (Å²) in [6.07, 6.45) is 2.51. The van der Waals surface area contributed by atoms with E-state index in [0.29, 0.717) is 6.42 Å². The van der Waals surface area contributed by atoms with Gasteiger partial charge in [-0.3, -0.25) is 16.3 Å². The molecule has 2 rings (SSSR count). The first-order chi connectivity index (χ1) is 8.74. The molecule has 0 fully saturated rings. The number of hydrogen-bond acceptors (Lipinski definition) is 5. The largest absolute Gasteiger partial charge is 0.494 e. The van der Waals surface area contributed by atoms with Crippen molar-refractivity contribution >= 4 is 11.3 Å². The van der Waals surface area contributed by atoms with Crippen LogP contribution >= 0.6 is 11.3 Å². The first-order valence-electron chi connectivity index (χ1n) is 5.41. The van der Waals surface area contributed by atoms with Crippen LogP contribution in [0.4, 0.5) is 4.39 Å². The Morgan fingerprint density at radius 3 is 3.00 bits per heavy atom. The van der Waals surface area contributed by atoms with Crippen molar-refractivity contribution in [2.24, 2.45) is 5.84 Å². The van der Waals surface area contributed by atoms with Crippen LogP contribution in [0.5, 0.6) is 5.75 Å². The van der Waals surface area contributed by atoms with Crippen LogP contribution in [-0.2, 0) is 6.42 Å². The molecule has 4 nitrogen and oxygen atoms in total. The minimum atomic E-state index is -0.380. The second kappa shape index (κ2) is 5.90. The standard InChI is InChI=1S/C12H14FN3OS/c1-17-12-4-8(2-3-10(12)13)11(16-14)5-9-6-15-7-18-9/h2-4,6-7,11,16H,5,14H2,1H3. The molecule has 0 aliphatic carbocycles. The van der Waals surface area contributed by atoms with Crippen molar-refractivity contribution in [3.63, 3.8) is 0 Å². The third kappa shape index (κ3) is 2.84. The molecule has 0 bridgehead atoms. The van der Waals surface area contributed by atoms with Gasteiger partial charge in [0.1, 0.15) is 0 Å². The van der Waals surface area contributed by atoms with E-state index in [1.165, 1.54) is 13.2 Å². The van der Waals surface area contributed by atoms with Crippen LogP contribution in [0.1, 0.15) is 16.5 Å². The smallest absolute Gasteiger partial charge is 0.165 e. The molecule has 18 heavy (non-hydrogen) atoms. The van der Waals surface area contributed by atoms with Crippen molar-refractivity contribution in [1.29, 1.82) is 0 Å². The number of halogens is 1. The molecule has 0 saturated carbocycles. The number of thiazole rings is 1. The fourth-order valence-electron chi connectivity index (χ4n) is 1.71. The Bertz CT molecular complexity index is 504. The average Bonchev–Trinajstić information content (AvgIpc) is 2.89. The van der Waals surface area contributed by atoms with Crippen LogP contribution in [0.15, 0.2) is 29.9 Å². The van der Waals surface area contributed by atoms with Crippen molar-refractivity contribution in [3.05, 3.63) is 46.2 Å². The van der Waals surface area contributed by atoms with Crippen LogP contribution in [-0.4, -0.2) is 12.1 Å². The molecule has 3 N–H and O–H groups in total. The van der Waals surface area contributed by atoms with E-state index in [0.717, 1.165) is 10.4 Å². The molecule has 6 heteroatoms. The predicted octanol–water partition coefficient (Wildman–Crippen LogP) is 2.04. The average molecular weight is 267 g/mol. The third-order valence-corrected chi connectivity index (χ3v) is 3.47. The van der Waals surface area contributed by atoms with Gasteiger partial charge in [-0.2, -0.15) is 0 Å². The zero-order valence-electron chi connectivity index (χ0n) is 9.89. The van der Waals surface area contributed by atoms with Crippen LogP contribution in [0.3, 0.4) is 0 Å². The summed E-state index contributed by atoms with van der Waals surface area (Å²) in [5, 5.41) is 0. The summed E-state index contributed by atoms with van der Waals surface area (Å²) in [5.74, 6) is 5.39. The number of hydrazine groups is 1. The van der Waals surface area contributed by atoms with Crippen molar-refractivity contribution < 1.29 is 9.13 Å². The molecule has 1 aromatic heterocycles. The molecule has 0 saturated heterocycles. The summed E-state index contributed by atoms with van der Waals surface area (Å²) in [6, 6.07) is 4.63. The van der Waals surface area contributed by atoms with Gasteiger partial charge in [0.05, 0.1) is 18.7 Å². The highest BCUT2D eigenvalue weighted by Gasteiger charge is 2.14. The number of aromatic nitrogens is 1. The van der Waals surface area contributed by atoms with Gasteiger partial charge in [-0.05, 0) is 17.7 Å². The second-order valence-electron chi connectivity index (χ2n) is 3.79. The van der Waals surface area contributed by atoms with Crippen LogP contribution in [0.25, 0.3) is 0 Å². The number of nitrogens with two attached hydrogens (primary N) is 1. The number of rotatable bonds is 5. The minimum Gasteiger partial charge on any atom is -0.494 e. The van der Waals surface area contributed by atoms with E-state index in [4.69, 9.17) is 10.6 Å². The zero-order valence-corrected chi connectivity index (χ0v) is 10.7. The number of ether oxygens (including phenoxy) is 1. The lowest BCUT2D eigenvalue weighted by Crippen LogP contribution is -2.29. The summed E-state index contributed by atoms with van der Waals surface area (Å²) in [4.78, 5) is 5.13. The van der Waals surface area contributed by atoms with Gasteiger partial charge in [0.25, 0.3) is 0 Å². The van der Waals surface area contributed by atoms with Crippen molar-refractivity contribution in [2.75, 3.05) is 7.11 Å². The number of hydrogen-bond donors (Lipinski definition) is 2. The summed E-state index contributed by atoms with van der Waals surface area (Å²) < 4.78 is 18.3. The molecular weight excluding hydrogens is 253 g/mol. The molecule has 0 aliphatic heterocycles. The van der Waals surface area contributed by atoms with E-state index in [-0.39, 0.29) is 17.6 Å². The third-order valence-electron chi connectivity index (χ3n) is 2.67. The molecule has 0 aliphatic rings. The Morgan fingerprint density at radius 1 is 1.56 bits per heavy atom. The van der Waals surface area contributed by atoms with Crippen LogP contribution in [0, 0.1) is 5.82 Å². The lowest BCUT2D eigenvalue weighted by atomic mass is 10.0. The van der Waals surface area contributed by atoms with E-state index in [9.17, 15) is 4.39 Å². The number of benzene rings is 1. The first kappa shape index (κ1) is 12.9. The zero-order chi connectivity index (χ0) is 13.0. The molecule has 96 valence electrons. The lowest BCUT2D eigenvalue weighted by Gasteiger charge is -2.16. The fraction of sp³-hybridized carbons (Fsp3) is 0.250. The van der Waals surface area contributed by atoms with Gasteiger partial charge in [-0.1, -0.05) is 6.07 Å². The normalized spacial score (nSPS) is 12.4. The summed E-state index contributed by atoms with van der Waals surface area (Å²) >= 11 is 1.56. The van der Waals surface area contributed by atoms with Gasteiger partial charge < -0.3 is 4.74 Å². The van der Waals surface area contributed by atoms with Gasteiger partial charge >= 0.3 is 0 Å². The Hall–Kier alpha value is -1.50. The molecule has 1 atom stereocenters. The molecule has 0 amide bonds. The van der Waals surface area contributed by atoms with E-state index in [2.05, 4.69) is 10.4 Å². The predicted molar refractivity (Wildman–Crippen MR) is 68.8 cm³/mol. The van der Waals surface area contributed by atoms with Crippen LogP contribution < -0.4 is 16.0 Å². The maximum Gasteiger partial charge on any atom is 0.165 e. The summed E-state index contributed by atoms with van der Waals surface area (Å²) in [5.41, 5.74) is 5.38. The molecule has 0 spiro atoms. The van der Waals surface area contributed by atoms with Gasteiger partial charge in [-0.15, -0.1) is 11.3 Å². The maximum absolute atomic E-state index is 13.3. The van der Waals surface area contributed by atoms with Crippen LogP contribution in [0.2, 0.25) is 0 Å². The van der Waals surface area contributed by atoms with E-state index < -0.39 is 0 Å². The number of nitrogens with one attached hydrogen (secondary N) is 1. The Kier molecular flexibility index (Phi) is 4.24. The molecule has 2 aromatic rings.